The van der Waals surface area contributed by atoms with Gasteiger partial charge in [-0.05, 0) is 43.9 Å². The van der Waals surface area contributed by atoms with Crippen LogP contribution in [0.3, 0.4) is 0 Å². The molecule has 0 radical (unpaired) electrons. The second-order valence-corrected chi connectivity index (χ2v) is 5.58. The Kier molecular flexibility index (Phi) is 8.76. The second-order valence-electron chi connectivity index (χ2n) is 5.58. The molecule has 0 heterocycles. The summed E-state index contributed by atoms with van der Waals surface area (Å²) in [7, 11) is 0. The van der Waals surface area contributed by atoms with Crippen molar-refractivity contribution in [1.82, 2.24) is 0 Å². The Bertz CT molecular complexity index is 263. The lowest BCUT2D eigenvalue weighted by Crippen LogP contribution is -2.18. The van der Waals surface area contributed by atoms with Crippen molar-refractivity contribution in [3.05, 3.63) is 12.2 Å². The molecule has 3 atom stereocenters. The fraction of sp³-hybridized carbons (Fsp3) is 0.812. The Morgan fingerprint density at radius 3 is 2.53 bits per heavy atom. The van der Waals surface area contributed by atoms with Gasteiger partial charge in [0.15, 0.2) is 0 Å². The molecule has 0 saturated heterocycles. The molecule has 0 spiro atoms. The lowest BCUT2D eigenvalue weighted by Gasteiger charge is -2.16. The quantitative estimate of drug-likeness (QED) is 0.364. The average Bonchev–Trinajstić information content (AvgIpc) is 2.75. The zero-order chi connectivity index (χ0) is 13.9. The summed E-state index contributed by atoms with van der Waals surface area (Å²) in [5.74, 6) is 0.521. The molecule has 0 aliphatic heterocycles. The van der Waals surface area contributed by atoms with Gasteiger partial charge in [-0.25, -0.2) is 0 Å². The average molecular weight is 268 g/mol. The number of allylic oxidation sites excluding steroid dienone is 2. The predicted molar refractivity (Wildman–Crippen MR) is 76.8 cm³/mol. The maximum absolute atomic E-state index is 10.6. The van der Waals surface area contributed by atoms with Crippen molar-refractivity contribution >= 4 is 6.29 Å². The van der Waals surface area contributed by atoms with Gasteiger partial charge in [-0.1, -0.05) is 31.4 Å². The molecule has 0 amide bonds. The van der Waals surface area contributed by atoms with Crippen LogP contribution in [-0.4, -0.2) is 29.2 Å². The van der Waals surface area contributed by atoms with E-state index in [4.69, 9.17) is 5.11 Å². The number of hydrogen-bond acceptors (Lipinski definition) is 3. The fourth-order valence-corrected chi connectivity index (χ4v) is 2.93. The zero-order valence-electron chi connectivity index (χ0n) is 11.8. The van der Waals surface area contributed by atoms with E-state index in [9.17, 15) is 9.90 Å². The van der Waals surface area contributed by atoms with E-state index in [0.29, 0.717) is 18.9 Å². The monoisotopic (exact) mass is 268 g/mol. The predicted octanol–water partition coefficient (Wildman–Crippen LogP) is 2.85. The third-order valence-corrected chi connectivity index (χ3v) is 4.12. The number of hydrogen-bond donors (Lipinski definition) is 2. The highest BCUT2D eigenvalue weighted by molar-refractivity contribution is 5.50. The minimum atomic E-state index is -0.293. The van der Waals surface area contributed by atoms with Crippen LogP contribution in [0.15, 0.2) is 12.2 Å². The summed E-state index contributed by atoms with van der Waals surface area (Å²) in [5.41, 5.74) is 0. The van der Waals surface area contributed by atoms with Gasteiger partial charge in [-0.3, -0.25) is 0 Å². The van der Waals surface area contributed by atoms with Gasteiger partial charge in [-0.15, -0.1) is 0 Å². The SMILES string of the molecule is O=CC[C@@H]1[C@H](O)CC[C@H]1C=CCCCCCCCO. The Morgan fingerprint density at radius 1 is 1.05 bits per heavy atom. The van der Waals surface area contributed by atoms with Gasteiger partial charge in [0, 0.05) is 13.0 Å². The number of carbonyl (C=O) groups is 1. The number of rotatable bonds is 10. The Morgan fingerprint density at radius 2 is 1.79 bits per heavy atom. The minimum Gasteiger partial charge on any atom is -0.396 e. The Balaban J connectivity index is 2.12. The van der Waals surface area contributed by atoms with Crippen LogP contribution in [0.4, 0.5) is 0 Å². The molecule has 110 valence electrons. The van der Waals surface area contributed by atoms with Gasteiger partial charge in [0.05, 0.1) is 6.10 Å². The summed E-state index contributed by atoms with van der Waals surface area (Å²) in [4.78, 5) is 10.6. The van der Waals surface area contributed by atoms with E-state index in [1.807, 2.05) is 0 Å². The van der Waals surface area contributed by atoms with Crippen molar-refractivity contribution in [2.45, 2.75) is 63.9 Å². The first-order valence-electron chi connectivity index (χ1n) is 7.68. The number of unbranched alkanes of at least 4 members (excludes halogenated alkanes) is 5. The molecule has 1 rings (SSSR count). The highest BCUT2D eigenvalue weighted by Gasteiger charge is 2.32. The number of aliphatic hydroxyl groups excluding tert-OH is 2. The second kappa shape index (κ2) is 10.2. The minimum absolute atomic E-state index is 0.137. The van der Waals surface area contributed by atoms with Gasteiger partial charge in [-0.2, -0.15) is 0 Å². The fourth-order valence-electron chi connectivity index (χ4n) is 2.93. The van der Waals surface area contributed by atoms with E-state index in [1.54, 1.807) is 0 Å². The maximum Gasteiger partial charge on any atom is 0.120 e. The molecule has 0 unspecified atom stereocenters. The summed E-state index contributed by atoms with van der Waals surface area (Å²) in [6, 6.07) is 0. The van der Waals surface area contributed by atoms with E-state index in [-0.39, 0.29) is 12.0 Å². The first kappa shape index (κ1) is 16.4. The van der Waals surface area contributed by atoms with Gasteiger partial charge in [0.1, 0.15) is 6.29 Å². The number of aldehydes is 1. The molecular formula is C16H28O3. The van der Waals surface area contributed by atoms with Crippen LogP contribution >= 0.6 is 0 Å². The van der Waals surface area contributed by atoms with Crippen molar-refractivity contribution in [2.75, 3.05) is 6.61 Å². The molecule has 1 aliphatic rings. The third-order valence-electron chi connectivity index (χ3n) is 4.12. The van der Waals surface area contributed by atoms with Gasteiger partial charge < -0.3 is 15.0 Å². The van der Waals surface area contributed by atoms with Crippen LogP contribution in [0, 0.1) is 11.8 Å². The summed E-state index contributed by atoms with van der Waals surface area (Å²) in [6.45, 7) is 0.308. The molecule has 1 aliphatic carbocycles. The first-order valence-corrected chi connectivity index (χ1v) is 7.68. The Hall–Kier alpha value is -0.670. The highest BCUT2D eigenvalue weighted by atomic mass is 16.3. The van der Waals surface area contributed by atoms with Crippen LogP contribution in [0.5, 0.6) is 0 Å². The van der Waals surface area contributed by atoms with Crippen molar-refractivity contribution in [1.29, 1.82) is 0 Å². The van der Waals surface area contributed by atoms with Crippen LogP contribution in [0.1, 0.15) is 57.8 Å². The lowest BCUT2D eigenvalue weighted by atomic mass is 9.91. The van der Waals surface area contributed by atoms with Crippen LogP contribution in [0.25, 0.3) is 0 Å². The van der Waals surface area contributed by atoms with E-state index in [1.165, 1.54) is 19.3 Å². The van der Waals surface area contributed by atoms with Gasteiger partial charge >= 0.3 is 0 Å². The summed E-state index contributed by atoms with van der Waals surface area (Å²) >= 11 is 0. The number of carbonyl (C=O) groups excluding carboxylic acids is 1. The molecule has 19 heavy (non-hydrogen) atoms. The number of aliphatic hydroxyl groups is 2. The molecule has 1 fully saturated rings. The lowest BCUT2D eigenvalue weighted by molar-refractivity contribution is -0.109. The van der Waals surface area contributed by atoms with E-state index in [2.05, 4.69) is 12.2 Å². The molecule has 0 aromatic carbocycles. The van der Waals surface area contributed by atoms with E-state index >= 15 is 0 Å². The molecule has 0 aromatic heterocycles. The van der Waals surface area contributed by atoms with Crippen molar-refractivity contribution < 1.29 is 15.0 Å². The molecule has 0 bridgehead atoms. The molecule has 1 saturated carbocycles. The molecular weight excluding hydrogens is 240 g/mol. The highest BCUT2D eigenvalue weighted by Crippen LogP contribution is 2.35. The third kappa shape index (κ3) is 6.35. The zero-order valence-corrected chi connectivity index (χ0v) is 11.8. The largest absolute Gasteiger partial charge is 0.396 e. The standard InChI is InChI=1S/C16H28O3/c17-12-7-5-3-1-2-4-6-8-14-9-10-16(19)15(14)11-13-18/h6,8,13-17,19H,1-5,7,9-12H2/t14-,15+,16-/m1/s1. The van der Waals surface area contributed by atoms with Crippen LogP contribution in [-0.2, 0) is 4.79 Å². The van der Waals surface area contributed by atoms with Crippen molar-refractivity contribution in [3.63, 3.8) is 0 Å². The van der Waals surface area contributed by atoms with Crippen LogP contribution in [0.2, 0.25) is 0 Å². The molecule has 2 N–H and O–H groups in total. The maximum atomic E-state index is 10.6. The van der Waals surface area contributed by atoms with Crippen molar-refractivity contribution in [3.8, 4) is 0 Å². The molecule has 3 nitrogen and oxygen atoms in total. The van der Waals surface area contributed by atoms with Gasteiger partial charge in [0.2, 0.25) is 0 Å². The first-order chi connectivity index (χ1) is 9.29. The van der Waals surface area contributed by atoms with Crippen LogP contribution < -0.4 is 0 Å². The Labute approximate surface area is 116 Å². The van der Waals surface area contributed by atoms with E-state index in [0.717, 1.165) is 38.4 Å². The van der Waals surface area contributed by atoms with E-state index < -0.39 is 0 Å². The molecule has 3 heteroatoms. The smallest absolute Gasteiger partial charge is 0.120 e. The van der Waals surface area contributed by atoms with Crippen molar-refractivity contribution in [2.24, 2.45) is 11.8 Å². The summed E-state index contributed by atoms with van der Waals surface area (Å²) in [6.07, 6.45) is 14.1. The topological polar surface area (TPSA) is 57.5 Å². The summed E-state index contributed by atoms with van der Waals surface area (Å²) < 4.78 is 0. The molecule has 0 aromatic rings. The normalized spacial score (nSPS) is 27.2. The van der Waals surface area contributed by atoms with Gasteiger partial charge in [0.25, 0.3) is 0 Å². The summed E-state index contributed by atoms with van der Waals surface area (Å²) in [5, 5.41) is 18.5.